The number of hydrogen-bond donors (Lipinski definition) is 1. The van der Waals surface area contributed by atoms with Gasteiger partial charge in [0, 0.05) is 12.7 Å². The van der Waals surface area contributed by atoms with E-state index in [9.17, 15) is 23.1 Å². The van der Waals surface area contributed by atoms with Gasteiger partial charge in [-0.15, -0.1) is 0 Å². The van der Waals surface area contributed by atoms with Crippen molar-refractivity contribution >= 4 is 5.91 Å². The van der Waals surface area contributed by atoms with Crippen LogP contribution in [0.25, 0.3) is 0 Å². The third-order valence-electron chi connectivity index (χ3n) is 3.26. The molecule has 0 unspecified atom stereocenters. The first-order valence-electron chi connectivity index (χ1n) is 6.15. The molecule has 0 radical (unpaired) electrons. The van der Waals surface area contributed by atoms with Gasteiger partial charge in [-0.1, -0.05) is 0 Å². The lowest BCUT2D eigenvalue weighted by atomic mass is 10.1. The lowest BCUT2D eigenvalue weighted by molar-refractivity contribution is -0.216. The Kier molecular flexibility index (Phi) is 3.94. The van der Waals surface area contributed by atoms with Crippen LogP contribution in [0, 0.1) is 6.92 Å². The predicted molar refractivity (Wildman–Crippen MR) is 62.9 cm³/mol. The molecular formula is C12H14F3N3O2. The summed E-state index contributed by atoms with van der Waals surface area (Å²) in [6.45, 7) is 1.86. The Bertz CT molecular complexity index is 490. The molecule has 1 N–H and O–H groups in total. The van der Waals surface area contributed by atoms with Crippen molar-refractivity contribution in [3.05, 3.63) is 23.8 Å². The van der Waals surface area contributed by atoms with Crippen molar-refractivity contribution in [2.24, 2.45) is 0 Å². The van der Waals surface area contributed by atoms with Crippen molar-refractivity contribution in [3.63, 3.8) is 0 Å². The standard InChI is InChI=1S/C12H14F3N3O2/c1-7-5-17-8(6-16-7)11(20)18-4-2-3-9(18)10(19)12(13,14)15/h5-6,9-10,19H,2-4H2,1H3/t9-,10+/m1/s1. The van der Waals surface area contributed by atoms with Crippen molar-refractivity contribution in [2.45, 2.75) is 38.1 Å². The van der Waals surface area contributed by atoms with Crippen LogP contribution in [-0.2, 0) is 0 Å². The quantitative estimate of drug-likeness (QED) is 0.891. The maximum Gasteiger partial charge on any atom is 0.416 e. The van der Waals surface area contributed by atoms with Crippen LogP contribution in [0.4, 0.5) is 13.2 Å². The fourth-order valence-electron chi connectivity index (χ4n) is 2.24. The number of carbonyl (C=O) groups excluding carboxylic acids is 1. The molecule has 8 heteroatoms. The number of carbonyl (C=O) groups is 1. The summed E-state index contributed by atoms with van der Waals surface area (Å²) in [7, 11) is 0. The summed E-state index contributed by atoms with van der Waals surface area (Å²) < 4.78 is 37.7. The molecule has 1 fully saturated rings. The largest absolute Gasteiger partial charge is 0.416 e. The van der Waals surface area contributed by atoms with Gasteiger partial charge < -0.3 is 10.0 Å². The normalized spacial score (nSPS) is 21.1. The summed E-state index contributed by atoms with van der Waals surface area (Å²) in [6, 6.07) is -1.26. The molecule has 0 spiro atoms. The van der Waals surface area contributed by atoms with E-state index in [4.69, 9.17) is 0 Å². The average molecular weight is 289 g/mol. The summed E-state index contributed by atoms with van der Waals surface area (Å²) in [4.78, 5) is 20.9. The molecule has 0 aromatic carbocycles. The molecule has 1 aliphatic heterocycles. The molecule has 110 valence electrons. The third kappa shape index (κ3) is 2.90. The average Bonchev–Trinajstić information content (AvgIpc) is 2.85. The van der Waals surface area contributed by atoms with Crippen molar-refractivity contribution < 1.29 is 23.1 Å². The number of alkyl halides is 3. The van der Waals surface area contributed by atoms with Crippen LogP contribution in [0.5, 0.6) is 0 Å². The number of aryl methyl sites for hydroxylation is 1. The maximum absolute atomic E-state index is 12.6. The number of aliphatic hydroxyl groups excluding tert-OH is 1. The van der Waals surface area contributed by atoms with E-state index < -0.39 is 24.2 Å². The van der Waals surface area contributed by atoms with E-state index in [-0.39, 0.29) is 18.7 Å². The Morgan fingerprint density at radius 2 is 2.15 bits per heavy atom. The number of rotatable bonds is 2. The van der Waals surface area contributed by atoms with Crippen molar-refractivity contribution in [1.82, 2.24) is 14.9 Å². The van der Waals surface area contributed by atoms with E-state index in [1.54, 1.807) is 6.92 Å². The fourth-order valence-corrected chi connectivity index (χ4v) is 2.24. The van der Waals surface area contributed by atoms with E-state index in [0.29, 0.717) is 12.1 Å². The minimum Gasteiger partial charge on any atom is -0.382 e. The number of aliphatic hydroxyl groups is 1. The Balaban J connectivity index is 2.18. The van der Waals surface area contributed by atoms with Gasteiger partial charge in [0.1, 0.15) is 5.69 Å². The number of amides is 1. The molecule has 1 amide bonds. The molecule has 20 heavy (non-hydrogen) atoms. The fraction of sp³-hybridized carbons (Fsp3) is 0.583. The molecule has 2 atom stereocenters. The van der Waals surface area contributed by atoms with Crippen molar-refractivity contribution in [2.75, 3.05) is 6.54 Å². The Morgan fingerprint density at radius 1 is 1.45 bits per heavy atom. The lowest BCUT2D eigenvalue weighted by Gasteiger charge is -2.29. The van der Waals surface area contributed by atoms with Gasteiger partial charge in [-0.2, -0.15) is 13.2 Å². The van der Waals surface area contributed by atoms with Crippen LogP contribution in [0.15, 0.2) is 12.4 Å². The second-order valence-electron chi connectivity index (χ2n) is 4.74. The van der Waals surface area contributed by atoms with Crippen LogP contribution in [0.2, 0.25) is 0 Å². The van der Waals surface area contributed by atoms with Crippen LogP contribution in [0.3, 0.4) is 0 Å². The van der Waals surface area contributed by atoms with Crippen LogP contribution in [0.1, 0.15) is 29.0 Å². The SMILES string of the molecule is Cc1cnc(C(=O)N2CCC[C@@H]2[C@H](O)C(F)(F)F)cn1. The highest BCUT2D eigenvalue weighted by Gasteiger charge is 2.48. The van der Waals surface area contributed by atoms with E-state index >= 15 is 0 Å². The third-order valence-corrected chi connectivity index (χ3v) is 3.26. The molecule has 2 heterocycles. The topological polar surface area (TPSA) is 66.3 Å². The molecule has 1 aromatic rings. The monoisotopic (exact) mass is 289 g/mol. The van der Waals surface area contributed by atoms with Gasteiger partial charge in [0.25, 0.3) is 5.91 Å². The summed E-state index contributed by atoms with van der Waals surface area (Å²) in [5.74, 6) is -0.636. The Labute approximate surface area is 113 Å². The van der Waals surface area contributed by atoms with Gasteiger partial charge in [-0.05, 0) is 19.8 Å². The first-order valence-corrected chi connectivity index (χ1v) is 6.15. The number of halogens is 3. The molecule has 5 nitrogen and oxygen atoms in total. The number of aromatic nitrogens is 2. The van der Waals surface area contributed by atoms with Crippen molar-refractivity contribution in [3.8, 4) is 0 Å². The molecule has 2 rings (SSSR count). The number of likely N-dealkylation sites (tertiary alicyclic amines) is 1. The second-order valence-corrected chi connectivity index (χ2v) is 4.74. The Morgan fingerprint density at radius 3 is 2.70 bits per heavy atom. The van der Waals surface area contributed by atoms with Gasteiger partial charge >= 0.3 is 6.18 Å². The molecule has 1 aliphatic rings. The summed E-state index contributed by atoms with van der Waals surface area (Å²) in [5, 5.41) is 9.34. The van der Waals surface area contributed by atoms with Crippen LogP contribution < -0.4 is 0 Å². The molecule has 0 saturated carbocycles. The van der Waals surface area contributed by atoms with E-state index in [0.717, 1.165) is 4.90 Å². The first-order chi connectivity index (χ1) is 9.30. The zero-order valence-electron chi connectivity index (χ0n) is 10.8. The maximum atomic E-state index is 12.6. The van der Waals surface area contributed by atoms with Crippen molar-refractivity contribution in [1.29, 1.82) is 0 Å². The predicted octanol–water partition coefficient (Wildman–Crippen LogP) is 1.31. The van der Waals surface area contributed by atoms with Gasteiger partial charge in [-0.3, -0.25) is 9.78 Å². The first kappa shape index (κ1) is 14.7. The Hall–Kier alpha value is -1.70. The van der Waals surface area contributed by atoms with E-state index in [2.05, 4.69) is 9.97 Å². The highest BCUT2D eigenvalue weighted by Crippen LogP contribution is 2.31. The zero-order chi connectivity index (χ0) is 14.9. The van der Waals surface area contributed by atoms with E-state index in [1.165, 1.54) is 12.4 Å². The molecule has 0 aliphatic carbocycles. The smallest absolute Gasteiger partial charge is 0.382 e. The second kappa shape index (κ2) is 5.35. The number of nitrogens with zero attached hydrogens (tertiary/aromatic N) is 3. The lowest BCUT2D eigenvalue weighted by Crippen LogP contribution is -2.49. The summed E-state index contributed by atoms with van der Waals surface area (Å²) >= 11 is 0. The van der Waals surface area contributed by atoms with Gasteiger partial charge in [-0.25, -0.2) is 4.98 Å². The molecule has 0 bridgehead atoms. The van der Waals surface area contributed by atoms with Gasteiger partial charge in [0.2, 0.25) is 0 Å². The summed E-state index contributed by atoms with van der Waals surface area (Å²) in [5.41, 5.74) is 0.590. The van der Waals surface area contributed by atoms with Crippen LogP contribution in [-0.4, -0.2) is 50.7 Å². The highest BCUT2D eigenvalue weighted by molar-refractivity contribution is 5.92. The molecule has 1 saturated heterocycles. The minimum absolute atomic E-state index is 0.0168. The highest BCUT2D eigenvalue weighted by atomic mass is 19.4. The van der Waals surface area contributed by atoms with Gasteiger partial charge in [0.05, 0.1) is 17.9 Å². The summed E-state index contributed by atoms with van der Waals surface area (Å²) in [6.07, 6.45) is -4.14. The minimum atomic E-state index is -4.74. The number of hydrogen-bond acceptors (Lipinski definition) is 4. The van der Waals surface area contributed by atoms with Crippen LogP contribution >= 0.6 is 0 Å². The zero-order valence-corrected chi connectivity index (χ0v) is 10.8. The van der Waals surface area contributed by atoms with E-state index in [1.807, 2.05) is 0 Å². The molecular weight excluding hydrogens is 275 g/mol. The van der Waals surface area contributed by atoms with Gasteiger partial charge in [0.15, 0.2) is 6.10 Å². The molecule has 1 aromatic heterocycles.